The van der Waals surface area contributed by atoms with Crippen LogP contribution in [-0.2, 0) is 13.6 Å². The van der Waals surface area contributed by atoms with Gasteiger partial charge in [0.2, 0.25) is 5.95 Å². The Morgan fingerprint density at radius 3 is 2.60 bits per heavy atom. The smallest absolute Gasteiger partial charge is 0.251 e. The minimum Gasteiger partial charge on any atom is -0.347 e. The van der Waals surface area contributed by atoms with Gasteiger partial charge in [-0.3, -0.25) is 9.48 Å². The van der Waals surface area contributed by atoms with Crippen LogP contribution in [0, 0.1) is 0 Å². The molecule has 10 heteroatoms. The molecular weight excluding hydrogens is 442 g/mol. The summed E-state index contributed by atoms with van der Waals surface area (Å²) in [5.41, 5.74) is 9.37. The van der Waals surface area contributed by atoms with Crippen LogP contribution in [0.15, 0.2) is 36.7 Å². The Hall–Kier alpha value is -3.53. The van der Waals surface area contributed by atoms with Crippen LogP contribution in [0.2, 0.25) is 0 Å². The summed E-state index contributed by atoms with van der Waals surface area (Å²) in [6, 6.07) is 8.63. The van der Waals surface area contributed by atoms with Crippen molar-refractivity contribution >= 4 is 23.4 Å². The molecule has 3 aliphatic rings. The maximum atomic E-state index is 13.1. The van der Waals surface area contributed by atoms with Crippen molar-refractivity contribution in [1.29, 1.82) is 0 Å². The second-order valence-electron chi connectivity index (χ2n) is 9.90. The number of aryl methyl sites for hydroxylation is 1. The molecule has 35 heavy (non-hydrogen) atoms. The van der Waals surface area contributed by atoms with Gasteiger partial charge in [-0.1, -0.05) is 12.1 Å². The Bertz CT molecular complexity index is 1220. The molecule has 6 rings (SSSR count). The Morgan fingerprint density at radius 2 is 1.89 bits per heavy atom. The molecule has 1 aromatic carbocycles. The third-order valence-corrected chi connectivity index (χ3v) is 7.50. The number of hydrogen-bond donors (Lipinski definition) is 3. The van der Waals surface area contributed by atoms with E-state index in [1.807, 2.05) is 25.4 Å². The normalized spacial score (nSPS) is 23.4. The third kappa shape index (κ3) is 4.34. The molecule has 1 amide bonds. The molecule has 3 unspecified atom stereocenters. The first-order valence-electron chi connectivity index (χ1n) is 12.5. The molecule has 2 bridgehead atoms. The molecule has 3 atom stereocenters. The van der Waals surface area contributed by atoms with Crippen molar-refractivity contribution < 1.29 is 4.79 Å². The van der Waals surface area contributed by atoms with E-state index >= 15 is 0 Å². The Labute approximate surface area is 204 Å². The highest BCUT2D eigenvalue weighted by atomic mass is 16.1. The molecule has 0 spiro atoms. The van der Waals surface area contributed by atoms with Gasteiger partial charge in [-0.2, -0.15) is 10.1 Å². The van der Waals surface area contributed by atoms with Gasteiger partial charge in [0.15, 0.2) is 5.82 Å². The Balaban J connectivity index is 1.21. The predicted molar refractivity (Wildman–Crippen MR) is 132 cm³/mol. The number of piperidine rings is 1. The Kier molecular flexibility index (Phi) is 5.60. The van der Waals surface area contributed by atoms with Gasteiger partial charge in [0.05, 0.1) is 17.9 Å². The molecule has 0 radical (unpaired) electrons. The van der Waals surface area contributed by atoms with E-state index in [1.54, 1.807) is 10.9 Å². The number of nitrogens with zero attached hydrogens (tertiary/aromatic N) is 6. The zero-order valence-corrected chi connectivity index (χ0v) is 19.9. The predicted octanol–water partition coefficient (Wildman–Crippen LogP) is 2.61. The molecule has 10 nitrogen and oxygen atoms in total. The average Bonchev–Trinajstić information content (AvgIpc) is 3.57. The van der Waals surface area contributed by atoms with E-state index in [0.717, 1.165) is 31.4 Å². The number of amides is 1. The molecule has 182 valence electrons. The molecular formula is C25H31N9O. The highest BCUT2D eigenvalue weighted by molar-refractivity contribution is 5.94. The number of hydrogen-bond acceptors (Lipinski definition) is 8. The molecule has 3 fully saturated rings. The number of nitrogens with two attached hydrogens (primary N) is 1. The summed E-state index contributed by atoms with van der Waals surface area (Å²) >= 11 is 0. The number of fused-ring (bicyclic) bond motifs is 2. The van der Waals surface area contributed by atoms with Crippen LogP contribution in [0.5, 0.6) is 0 Å². The van der Waals surface area contributed by atoms with E-state index in [1.165, 1.54) is 18.4 Å². The zero-order valence-electron chi connectivity index (χ0n) is 19.9. The lowest BCUT2D eigenvalue weighted by molar-refractivity contribution is 0.0924. The van der Waals surface area contributed by atoms with Gasteiger partial charge in [0.1, 0.15) is 5.69 Å². The van der Waals surface area contributed by atoms with Gasteiger partial charge >= 0.3 is 0 Å². The number of carbonyl (C=O) groups excluding carboxylic acids is 1. The molecule has 2 aromatic heterocycles. The summed E-state index contributed by atoms with van der Waals surface area (Å²) < 4.78 is 1.72. The number of nitrogens with one attached hydrogen (secondary N) is 2. The molecule has 1 aliphatic carbocycles. The van der Waals surface area contributed by atoms with Crippen LogP contribution in [0.4, 0.5) is 17.5 Å². The van der Waals surface area contributed by atoms with E-state index in [9.17, 15) is 4.79 Å². The lowest BCUT2D eigenvalue weighted by Crippen LogP contribution is -2.55. The first-order valence-corrected chi connectivity index (χ1v) is 12.5. The maximum Gasteiger partial charge on any atom is 0.251 e. The van der Waals surface area contributed by atoms with Crippen LogP contribution in [0.25, 0.3) is 0 Å². The van der Waals surface area contributed by atoms with E-state index in [0.29, 0.717) is 35.0 Å². The first kappa shape index (κ1) is 22.0. The van der Waals surface area contributed by atoms with Crippen molar-refractivity contribution in [2.75, 3.05) is 10.2 Å². The minimum atomic E-state index is -0.0147. The van der Waals surface area contributed by atoms with Crippen molar-refractivity contribution in [2.24, 2.45) is 12.8 Å². The molecule has 2 saturated heterocycles. The average molecular weight is 474 g/mol. The van der Waals surface area contributed by atoms with Gasteiger partial charge in [0, 0.05) is 37.4 Å². The number of carbonyl (C=O) groups is 1. The fourth-order valence-corrected chi connectivity index (χ4v) is 5.52. The first-order chi connectivity index (χ1) is 17.1. The monoisotopic (exact) mass is 473 g/mol. The van der Waals surface area contributed by atoms with Gasteiger partial charge in [-0.25, -0.2) is 0 Å². The van der Waals surface area contributed by atoms with Gasteiger partial charge in [-0.15, -0.1) is 10.2 Å². The number of anilines is 3. The fourth-order valence-electron chi connectivity index (χ4n) is 5.52. The summed E-state index contributed by atoms with van der Waals surface area (Å²) in [6.45, 7) is 0.230. The number of rotatable bonds is 7. The van der Waals surface area contributed by atoms with Crippen LogP contribution in [0.3, 0.4) is 0 Å². The third-order valence-electron chi connectivity index (χ3n) is 7.50. The summed E-state index contributed by atoms with van der Waals surface area (Å²) in [4.78, 5) is 20.1. The zero-order chi connectivity index (χ0) is 23.9. The molecule has 3 aromatic rings. The maximum absolute atomic E-state index is 13.1. The summed E-state index contributed by atoms with van der Waals surface area (Å²) in [7, 11) is 1.86. The van der Waals surface area contributed by atoms with Gasteiger partial charge in [0.25, 0.3) is 5.91 Å². The SMILES string of the molecule is Cn1cc(Nc2nc(N3C4CCC(NC(=O)c5ccc(C6CC6)cc5)C3CC4)nnc2CN)cn1. The number of aromatic nitrogens is 5. The Morgan fingerprint density at radius 1 is 1.09 bits per heavy atom. The molecule has 2 aliphatic heterocycles. The number of benzene rings is 1. The summed E-state index contributed by atoms with van der Waals surface area (Å²) in [6.07, 6.45) is 10.1. The summed E-state index contributed by atoms with van der Waals surface area (Å²) in [5.74, 6) is 1.84. The van der Waals surface area contributed by atoms with Crippen molar-refractivity contribution in [3.63, 3.8) is 0 Å². The second kappa shape index (κ2) is 8.92. The summed E-state index contributed by atoms with van der Waals surface area (Å²) in [5, 5.41) is 19.6. The topological polar surface area (TPSA) is 127 Å². The quantitative estimate of drug-likeness (QED) is 0.478. The van der Waals surface area contributed by atoms with Gasteiger partial charge in [-0.05, 0) is 62.1 Å². The van der Waals surface area contributed by atoms with Crippen molar-refractivity contribution in [3.05, 3.63) is 53.5 Å². The van der Waals surface area contributed by atoms with Crippen LogP contribution >= 0.6 is 0 Å². The largest absolute Gasteiger partial charge is 0.347 e. The van der Waals surface area contributed by atoms with Gasteiger partial charge < -0.3 is 21.3 Å². The van der Waals surface area contributed by atoms with Crippen LogP contribution < -0.4 is 21.3 Å². The van der Waals surface area contributed by atoms with Crippen LogP contribution in [-0.4, -0.2) is 49.0 Å². The van der Waals surface area contributed by atoms with Crippen molar-refractivity contribution in [3.8, 4) is 0 Å². The standard InChI is InChI=1S/C25H31N9O/c1-33-14-18(13-27-33)28-23-21(12-26)31-32-25(30-23)34-19-8-10-20(22(34)11-9-19)29-24(35)17-6-4-16(5-7-17)15-2-3-15/h4-7,13-15,19-20,22H,2-3,8-12,26H2,1H3,(H,29,35)(H,28,30,32). The second-order valence-corrected chi connectivity index (χ2v) is 9.90. The highest BCUT2D eigenvalue weighted by Crippen LogP contribution is 2.40. The molecule has 1 saturated carbocycles. The van der Waals surface area contributed by atoms with Crippen LogP contribution in [0.1, 0.15) is 66.1 Å². The van der Waals surface area contributed by atoms with E-state index < -0.39 is 0 Å². The van der Waals surface area contributed by atoms with E-state index in [4.69, 9.17) is 10.7 Å². The van der Waals surface area contributed by atoms with E-state index in [-0.39, 0.29) is 24.5 Å². The van der Waals surface area contributed by atoms with Crippen molar-refractivity contribution in [1.82, 2.24) is 30.3 Å². The molecule has 4 N–H and O–H groups in total. The van der Waals surface area contributed by atoms with Crippen molar-refractivity contribution in [2.45, 2.75) is 69.1 Å². The fraction of sp³-hybridized carbons (Fsp3) is 0.480. The van der Waals surface area contributed by atoms with E-state index in [2.05, 4.69) is 43.0 Å². The lowest BCUT2D eigenvalue weighted by atomic mass is 9.97. The molecule has 4 heterocycles. The minimum absolute atomic E-state index is 0.0147. The lowest BCUT2D eigenvalue weighted by Gasteiger charge is -2.40. The highest BCUT2D eigenvalue weighted by Gasteiger charge is 2.44.